The van der Waals surface area contributed by atoms with Gasteiger partial charge in [-0.05, 0) is 47.5 Å². The summed E-state index contributed by atoms with van der Waals surface area (Å²) in [5.74, 6) is -0.0328. The van der Waals surface area contributed by atoms with Gasteiger partial charge in [0.1, 0.15) is 0 Å². The van der Waals surface area contributed by atoms with Crippen LogP contribution < -0.4 is 0 Å². The third-order valence-corrected chi connectivity index (χ3v) is 3.17. The third kappa shape index (κ3) is 3.57. The Hall–Kier alpha value is -1.34. The largest absolute Gasteiger partial charge is 0.338 e. The SMILES string of the molecule is CCN(CCC#N)C(=O)c1ccc(C)cc1Br. The lowest BCUT2D eigenvalue weighted by molar-refractivity contribution is 0.0767. The van der Waals surface area contributed by atoms with Crippen molar-refractivity contribution in [3.8, 4) is 6.07 Å². The summed E-state index contributed by atoms with van der Waals surface area (Å²) in [5, 5.41) is 8.56. The molecule has 0 N–H and O–H groups in total. The summed E-state index contributed by atoms with van der Waals surface area (Å²) in [6.07, 6.45) is 0.364. The van der Waals surface area contributed by atoms with E-state index in [1.807, 2.05) is 32.0 Å². The average molecular weight is 295 g/mol. The van der Waals surface area contributed by atoms with Crippen LogP contribution in [0.15, 0.2) is 22.7 Å². The maximum atomic E-state index is 12.2. The maximum Gasteiger partial charge on any atom is 0.255 e. The number of hydrogen-bond donors (Lipinski definition) is 0. The van der Waals surface area contributed by atoms with Crippen molar-refractivity contribution in [2.45, 2.75) is 20.3 Å². The molecule has 0 unspecified atom stereocenters. The van der Waals surface area contributed by atoms with Gasteiger partial charge in [-0.3, -0.25) is 4.79 Å². The minimum absolute atomic E-state index is 0.0328. The topological polar surface area (TPSA) is 44.1 Å². The van der Waals surface area contributed by atoms with E-state index in [2.05, 4.69) is 22.0 Å². The number of nitrogens with zero attached hydrogens (tertiary/aromatic N) is 2. The molecule has 3 nitrogen and oxygen atoms in total. The number of hydrogen-bond acceptors (Lipinski definition) is 2. The van der Waals surface area contributed by atoms with E-state index in [4.69, 9.17) is 5.26 Å². The van der Waals surface area contributed by atoms with Crippen LogP contribution in [0.5, 0.6) is 0 Å². The van der Waals surface area contributed by atoms with E-state index < -0.39 is 0 Å². The second-order valence-corrected chi connectivity index (χ2v) is 4.63. The first-order valence-corrected chi connectivity index (χ1v) is 6.31. The first-order valence-electron chi connectivity index (χ1n) is 5.52. The highest BCUT2D eigenvalue weighted by atomic mass is 79.9. The van der Waals surface area contributed by atoms with Crippen molar-refractivity contribution in [3.05, 3.63) is 33.8 Å². The van der Waals surface area contributed by atoms with Crippen LogP contribution in [-0.2, 0) is 0 Å². The summed E-state index contributed by atoms with van der Waals surface area (Å²) in [6.45, 7) is 4.98. The third-order valence-electron chi connectivity index (χ3n) is 2.52. The van der Waals surface area contributed by atoms with Gasteiger partial charge in [0.25, 0.3) is 5.91 Å². The Balaban J connectivity index is 2.90. The smallest absolute Gasteiger partial charge is 0.255 e. The first kappa shape index (κ1) is 13.7. The minimum atomic E-state index is -0.0328. The molecule has 0 atom stereocenters. The molecule has 17 heavy (non-hydrogen) atoms. The molecule has 0 radical (unpaired) electrons. The molecule has 0 aliphatic heterocycles. The van der Waals surface area contributed by atoms with Crippen molar-refractivity contribution in [2.75, 3.05) is 13.1 Å². The van der Waals surface area contributed by atoms with Gasteiger partial charge in [-0.1, -0.05) is 6.07 Å². The first-order chi connectivity index (χ1) is 8.10. The van der Waals surface area contributed by atoms with Crippen molar-refractivity contribution in [1.29, 1.82) is 5.26 Å². The Kier molecular flexibility index (Phi) is 5.17. The zero-order valence-electron chi connectivity index (χ0n) is 10.0. The Labute approximate surface area is 110 Å². The number of rotatable bonds is 4. The Bertz CT molecular complexity index is 451. The van der Waals surface area contributed by atoms with Gasteiger partial charge in [0.15, 0.2) is 0 Å². The highest BCUT2D eigenvalue weighted by Crippen LogP contribution is 2.20. The number of aryl methyl sites for hydroxylation is 1. The van der Waals surface area contributed by atoms with Gasteiger partial charge in [-0.2, -0.15) is 5.26 Å². The summed E-state index contributed by atoms with van der Waals surface area (Å²) in [5.41, 5.74) is 1.75. The molecule has 0 heterocycles. The van der Waals surface area contributed by atoms with Crippen LogP contribution in [0, 0.1) is 18.3 Å². The molecule has 4 heteroatoms. The highest BCUT2D eigenvalue weighted by molar-refractivity contribution is 9.10. The molecule has 0 saturated heterocycles. The van der Waals surface area contributed by atoms with E-state index in [1.54, 1.807) is 4.90 Å². The van der Waals surface area contributed by atoms with Gasteiger partial charge in [0.05, 0.1) is 18.1 Å². The molecule has 0 aliphatic carbocycles. The number of amides is 1. The number of carbonyl (C=O) groups excluding carboxylic acids is 1. The Morgan fingerprint density at radius 1 is 1.53 bits per heavy atom. The zero-order chi connectivity index (χ0) is 12.8. The Morgan fingerprint density at radius 3 is 2.76 bits per heavy atom. The van der Waals surface area contributed by atoms with Crippen molar-refractivity contribution in [3.63, 3.8) is 0 Å². The standard InChI is InChI=1S/C13H15BrN2O/c1-3-16(8-4-7-15)13(17)11-6-5-10(2)9-12(11)14/h5-6,9H,3-4,8H2,1-2H3. The lowest BCUT2D eigenvalue weighted by Crippen LogP contribution is -2.31. The highest BCUT2D eigenvalue weighted by Gasteiger charge is 2.16. The van der Waals surface area contributed by atoms with Crippen molar-refractivity contribution in [2.24, 2.45) is 0 Å². The molecule has 0 saturated carbocycles. The van der Waals surface area contributed by atoms with Gasteiger partial charge in [0, 0.05) is 17.6 Å². The summed E-state index contributed by atoms with van der Waals surface area (Å²) in [6, 6.07) is 7.71. The van der Waals surface area contributed by atoms with Crippen LogP contribution in [0.25, 0.3) is 0 Å². The van der Waals surface area contributed by atoms with Crippen LogP contribution in [-0.4, -0.2) is 23.9 Å². The molecule has 1 rings (SSSR count). The van der Waals surface area contributed by atoms with Crippen molar-refractivity contribution in [1.82, 2.24) is 4.90 Å². The van der Waals surface area contributed by atoms with Crippen LogP contribution >= 0.6 is 15.9 Å². The van der Waals surface area contributed by atoms with E-state index in [0.717, 1.165) is 10.0 Å². The van der Waals surface area contributed by atoms with Gasteiger partial charge in [0.2, 0.25) is 0 Å². The van der Waals surface area contributed by atoms with E-state index in [1.165, 1.54) is 0 Å². The van der Waals surface area contributed by atoms with E-state index >= 15 is 0 Å². The summed E-state index contributed by atoms with van der Waals surface area (Å²) in [7, 11) is 0. The molecule has 90 valence electrons. The van der Waals surface area contributed by atoms with Crippen molar-refractivity contribution >= 4 is 21.8 Å². The molecule has 0 bridgehead atoms. The average Bonchev–Trinajstić information content (AvgIpc) is 2.29. The fraction of sp³-hybridized carbons (Fsp3) is 0.385. The fourth-order valence-corrected chi connectivity index (χ4v) is 2.21. The van der Waals surface area contributed by atoms with Gasteiger partial charge < -0.3 is 4.90 Å². The monoisotopic (exact) mass is 294 g/mol. The van der Waals surface area contributed by atoms with Gasteiger partial charge in [-0.25, -0.2) is 0 Å². The number of halogens is 1. The number of benzene rings is 1. The maximum absolute atomic E-state index is 12.2. The molecule has 1 aromatic carbocycles. The van der Waals surface area contributed by atoms with Crippen LogP contribution in [0.3, 0.4) is 0 Å². The molecular weight excluding hydrogens is 280 g/mol. The van der Waals surface area contributed by atoms with Crippen molar-refractivity contribution < 1.29 is 4.79 Å². The normalized spacial score (nSPS) is 9.76. The number of carbonyl (C=O) groups is 1. The predicted molar refractivity (Wildman–Crippen MR) is 70.7 cm³/mol. The fourth-order valence-electron chi connectivity index (χ4n) is 1.55. The van der Waals surface area contributed by atoms with Crippen LogP contribution in [0.4, 0.5) is 0 Å². The zero-order valence-corrected chi connectivity index (χ0v) is 11.6. The van der Waals surface area contributed by atoms with Gasteiger partial charge in [-0.15, -0.1) is 0 Å². The molecule has 0 aliphatic rings. The van der Waals surface area contributed by atoms with E-state index in [9.17, 15) is 4.79 Å². The second-order valence-electron chi connectivity index (χ2n) is 3.78. The Morgan fingerprint density at radius 2 is 2.24 bits per heavy atom. The quantitative estimate of drug-likeness (QED) is 0.856. The minimum Gasteiger partial charge on any atom is -0.338 e. The molecule has 0 aromatic heterocycles. The van der Waals surface area contributed by atoms with Crippen LogP contribution in [0.2, 0.25) is 0 Å². The van der Waals surface area contributed by atoms with E-state index in [0.29, 0.717) is 25.1 Å². The lowest BCUT2D eigenvalue weighted by Gasteiger charge is -2.20. The molecule has 0 fully saturated rings. The summed E-state index contributed by atoms with van der Waals surface area (Å²) in [4.78, 5) is 13.9. The lowest BCUT2D eigenvalue weighted by atomic mass is 10.1. The summed E-state index contributed by atoms with van der Waals surface area (Å²) < 4.78 is 0.804. The summed E-state index contributed by atoms with van der Waals surface area (Å²) >= 11 is 3.40. The molecule has 1 amide bonds. The predicted octanol–water partition coefficient (Wildman–Crippen LogP) is 3.13. The molecule has 0 spiro atoms. The number of nitriles is 1. The van der Waals surface area contributed by atoms with Crippen LogP contribution in [0.1, 0.15) is 29.3 Å². The van der Waals surface area contributed by atoms with Gasteiger partial charge >= 0.3 is 0 Å². The van der Waals surface area contributed by atoms with E-state index in [-0.39, 0.29) is 5.91 Å². The molecular formula is C13H15BrN2O. The second kappa shape index (κ2) is 6.41. The molecule has 1 aromatic rings.